The number of allylic oxidation sites excluding steroid dienone is 1. The van der Waals surface area contributed by atoms with Crippen LogP contribution in [-0.4, -0.2) is 30.5 Å². The van der Waals surface area contributed by atoms with E-state index in [-0.39, 0.29) is 12.2 Å². The average Bonchev–Trinajstić information content (AvgIpc) is 2.85. The van der Waals surface area contributed by atoms with E-state index >= 15 is 0 Å². The van der Waals surface area contributed by atoms with Gasteiger partial charge >= 0.3 is 5.97 Å². The number of rotatable bonds is 10. The molecule has 3 aromatic carbocycles. The largest absolute Gasteiger partial charge is 0.489 e. The Morgan fingerprint density at radius 3 is 2.18 bits per heavy atom. The maximum atomic E-state index is 10.8. The van der Waals surface area contributed by atoms with Crippen molar-refractivity contribution >= 4 is 17.3 Å². The molecule has 3 aromatic rings. The van der Waals surface area contributed by atoms with Crippen molar-refractivity contribution in [3.63, 3.8) is 0 Å². The van der Waals surface area contributed by atoms with Crippen LogP contribution in [0.5, 0.6) is 11.5 Å². The highest BCUT2D eigenvalue weighted by molar-refractivity contribution is 6.01. The van der Waals surface area contributed by atoms with Gasteiger partial charge in [-0.05, 0) is 47.5 Å². The number of hydrogen-bond donors (Lipinski definition) is 1. The van der Waals surface area contributed by atoms with Crippen molar-refractivity contribution in [3.8, 4) is 17.6 Å². The van der Waals surface area contributed by atoms with Crippen LogP contribution in [0.1, 0.15) is 16.7 Å². The Labute approximate surface area is 191 Å². The SMILES string of the molecule is CON=C(COc1ccc(COc2ccc(/C(C#N)=C\C(=O)O)cc2)cc1)c1ccccc1. The molecule has 0 saturated carbocycles. The number of carboxylic acids is 1. The van der Waals surface area contributed by atoms with E-state index in [1.165, 1.54) is 7.11 Å². The fourth-order valence-electron chi connectivity index (χ4n) is 2.94. The fourth-order valence-corrected chi connectivity index (χ4v) is 2.94. The lowest BCUT2D eigenvalue weighted by atomic mass is 10.1. The van der Waals surface area contributed by atoms with Gasteiger partial charge in [-0.15, -0.1) is 0 Å². The molecule has 0 heterocycles. The second-order valence-electron chi connectivity index (χ2n) is 6.84. The van der Waals surface area contributed by atoms with Gasteiger partial charge in [0.25, 0.3) is 0 Å². The fraction of sp³-hybridized carbons (Fsp3) is 0.115. The first kappa shape index (κ1) is 23.1. The monoisotopic (exact) mass is 442 g/mol. The molecule has 1 N–H and O–H groups in total. The molecular weight excluding hydrogens is 420 g/mol. The summed E-state index contributed by atoms with van der Waals surface area (Å²) in [6, 6.07) is 25.8. The smallest absolute Gasteiger partial charge is 0.329 e. The Morgan fingerprint density at radius 2 is 1.58 bits per heavy atom. The van der Waals surface area contributed by atoms with Crippen molar-refractivity contribution in [2.24, 2.45) is 5.16 Å². The van der Waals surface area contributed by atoms with Crippen LogP contribution < -0.4 is 9.47 Å². The minimum atomic E-state index is -1.17. The van der Waals surface area contributed by atoms with Gasteiger partial charge in [0, 0.05) is 11.6 Å². The number of aliphatic carboxylic acids is 1. The van der Waals surface area contributed by atoms with Gasteiger partial charge < -0.3 is 19.4 Å². The lowest BCUT2D eigenvalue weighted by Crippen LogP contribution is -2.13. The Hall–Kier alpha value is -4.57. The van der Waals surface area contributed by atoms with Gasteiger partial charge in [0.05, 0.1) is 5.57 Å². The van der Waals surface area contributed by atoms with Crippen LogP contribution >= 0.6 is 0 Å². The zero-order valence-corrected chi connectivity index (χ0v) is 18.0. The molecule has 0 fully saturated rings. The average molecular weight is 442 g/mol. The van der Waals surface area contributed by atoms with Crippen molar-refractivity contribution in [3.05, 3.63) is 102 Å². The molecule has 166 valence electrons. The van der Waals surface area contributed by atoms with Gasteiger partial charge in [-0.3, -0.25) is 0 Å². The Kier molecular flexibility index (Phi) is 8.21. The molecule has 7 nitrogen and oxygen atoms in total. The molecule has 0 aliphatic carbocycles. The Balaban J connectivity index is 1.55. The first-order chi connectivity index (χ1) is 16.1. The van der Waals surface area contributed by atoms with Crippen LogP contribution in [0.2, 0.25) is 0 Å². The van der Waals surface area contributed by atoms with E-state index in [0.29, 0.717) is 29.4 Å². The van der Waals surface area contributed by atoms with Crippen LogP contribution in [-0.2, 0) is 16.2 Å². The zero-order valence-electron chi connectivity index (χ0n) is 18.0. The van der Waals surface area contributed by atoms with Crippen molar-refractivity contribution in [2.75, 3.05) is 13.7 Å². The van der Waals surface area contributed by atoms with Crippen LogP contribution in [0.25, 0.3) is 5.57 Å². The van der Waals surface area contributed by atoms with Crippen molar-refractivity contribution in [1.82, 2.24) is 0 Å². The van der Waals surface area contributed by atoms with E-state index in [2.05, 4.69) is 5.16 Å². The van der Waals surface area contributed by atoms with Gasteiger partial charge in [-0.2, -0.15) is 5.26 Å². The second-order valence-corrected chi connectivity index (χ2v) is 6.84. The number of hydrogen-bond acceptors (Lipinski definition) is 6. The minimum Gasteiger partial charge on any atom is -0.489 e. The molecule has 0 unspecified atom stereocenters. The Morgan fingerprint density at radius 1 is 0.939 bits per heavy atom. The summed E-state index contributed by atoms with van der Waals surface area (Å²) in [4.78, 5) is 15.7. The number of carboxylic acid groups (broad SMARTS) is 1. The van der Waals surface area contributed by atoms with Crippen molar-refractivity contribution < 1.29 is 24.2 Å². The highest BCUT2D eigenvalue weighted by atomic mass is 16.6. The molecule has 0 radical (unpaired) electrons. The number of carbonyl (C=O) groups is 1. The molecule has 0 aromatic heterocycles. The standard InChI is InChI=1S/C26H22N2O5/c1-31-28-25(21-5-3-2-4-6-21)18-33-23-11-7-19(8-12-23)17-32-24-13-9-20(10-14-24)22(16-27)15-26(29)30/h2-15H,17-18H2,1H3,(H,29,30)/b22-15-,28-25?. The molecule has 0 atom stereocenters. The van der Waals surface area contributed by atoms with Crippen LogP contribution in [0.15, 0.2) is 90.1 Å². The zero-order chi connectivity index (χ0) is 23.5. The molecule has 33 heavy (non-hydrogen) atoms. The lowest BCUT2D eigenvalue weighted by Gasteiger charge is -2.10. The number of nitrogens with zero attached hydrogens (tertiary/aromatic N) is 2. The number of benzene rings is 3. The van der Waals surface area contributed by atoms with Crippen molar-refractivity contribution in [1.29, 1.82) is 5.26 Å². The predicted molar refractivity (Wildman–Crippen MR) is 124 cm³/mol. The summed E-state index contributed by atoms with van der Waals surface area (Å²) in [5.74, 6) is 0.133. The predicted octanol–water partition coefficient (Wildman–Crippen LogP) is 4.69. The second kappa shape index (κ2) is 11.7. The van der Waals surface area contributed by atoms with Gasteiger partial charge in [-0.1, -0.05) is 47.6 Å². The summed E-state index contributed by atoms with van der Waals surface area (Å²) in [5.41, 5.74) is 3.16. The third-order valence-electron chi connectivity index (χ3n) is 4.57. The quantitative estimate of drug-likeness (QED) is 0.212. The molecule has 0 spiro atoms. The van der Waals surface area contributed by atoms with Gasteiger partial charge in [0.15, 0.2) is 0 Å². The van der Waals surface area contributed by atoms with Crippen molar-refractivity contribution in [2.45, 2.75) is 6.61 Å². The summed E-state index contributed by atoms with van der Waals surface area (Å²) in [7, 11) is 1.50. The molecule has 0 aliphatic rings. The summed E-state index contributed by atoms with van der Waals surface area (Å²) in [5, 5.41) is 22.0. The third kappa shape index (κ3) is 6.97. The summed E-state index contributed by atoms with van der Waals surface area (Å²) in [6.45, 7) is 0.608. The number of nitriles is 1. The van der Waals surface area contributed by atoms with E-state index in [9.17, 15) is 4.79 Å². The topological polar surface area (TPSA) is 101 Å². The maximum Gasteiger partial charge on any atom is 0.329 e. The number of oxime groups is 1. The highest BCUT2D eigenvalue weighted by Crippen LogP contribution is 2.20. The maximum absolute atomic E-state index is 10.8. The van der Waals surface area contributed by atoms with E-state index < -0.39 is 5.97 Å². The minimum absolute atomic E-state index is 0.0793. The molecule has 0 bridgehead atoms. The van der Waals surface area contributed by atoms with E-state index in [1.54, 1.807) is 24.3 Å². The summed E-state index contributed by atoms with van der Waals surface area (Å²) >= 11 is 0. The first-order valence-corrected chi connectivity index (χ1v) is 10.0. The molecular formula is C26H22N2O5. The van der Waals surface area contributed by atoms with E-state index in [1.807, 2.05) is 60.7 Å². The summed E-state index contributed by atoms with van der Waals surface area (Å²) in [6.07, 6.45) is 0.878. The first-order valence-electron chi connectivity index (χ1n) is 10.0. The molecule has 0 aliphatic heterocycles. The number of ether oxygens (including phenoxy) is 2. The third-order valence-corrected chi connectivity index (χ3v) is 4.57. The van der Waals surface area contributed by atoms with Gasteiger partial charge in [0.1, 0.15) is 43.6 Å². The van der Waals surface area contributed by atoms with Gasteiger partial charge in [-0.25, -0.2) is 4.79 Å². The van der Waals surface area contributed by atoms with Crippen LogP contribution in [0.4, 0.5) is 0 Å². The van der Waals surface area contributed by atoms with Crippen LogP contribution in [0, 0.1) is 11.3 Å². The molecule has 0 saturated heterocycles. The molecule has 7 heteroatoms. The van der Waals surface area contributed by atoms with E-state index in [0.717, 1.165) is 17.2 Å². The Bertz CT molecular complexity index is 1160. The lowest BCUT2D eigenvalue weighted by molar-refractivity contribution is -0.131. The van der Waals surface area contributed by atoms with E-state index in [4.69, 9.17) is 24.7 Å². The van der Waals surface area contributed by atoms with Gasteiger partial charge in [0.2, 0.25) is 0 Å². The summed E-state index contributed by atoms with van der Waals surface area (Å²) < 4.78 is 11.6. The van der Waals surface area contributed by atoms with Crippen LogP contribution in [0.3, 0.4) is 0 Å². The normalized spacial score (nSPS) is 11.4. The molecule has 0 amide bonds. The molecule has 3 rings (SSSR count). The highest BCUT2D eigenvalue weighted by Gasteiger charge is 2.07.